The smallest absolute Gasteiger partial charge is 0.396 e. The van der Waals surface area contributed by atoms with Gasteiger partial charge in [-0.25, -0.2) is 0 Å². The molecule has 1 fully saturated rings. The van der Waals surface area contributed by atoms with Gasteiger partial charge in [0.25, 0.3) is 0 Å². The molecule has 1 N–H and O–H groups in total. The number of anilines is 1. The summed E-state index contributed by atoms with van der Waals surface area (Å²) in [7, 11) is 1.81. The highest BCUT2D eigenvalue weighted by atomic mass is 19.4. The van der Waals surface area contributed by atoms with Crippen LogP contribution in [0.15, 0.2) is 30.7 Å². The van der Waals surface area contributed by atoms with E-state index >= 15 is 0 Å². The molecule has 8 heteroatoms. The topological polar surface area (TPSA) is 54.2 Å². The molecule has 1 aliphatic heterocycles. The molecule has 23 heavy (non-hydrogen) atoms. The Balaban J connectivity index is 1.85. The summed E-state index contributed by atoms with van der Waals surface area (Å²) in [6.07, 6.45) is 0.327. The highest BCUT2D eigenvalue weighted by Crippen LogP contribution is 2.36. The Morgan fingerprint density at radius 1 is 1.35 bits per heavy atom. The molecule has 1 aliphatic rings. The van der Waals surface area contributed by atoms with Crippen molar-refractivity contribution < 1.29 is 18.3 Å². The molecule has 124 valence electrons. The van der Waals surface area contributed by atoms with Crippen LogP contribution in [0.5, 0.6) is 0 Å². The van der Waals surface area contributed by atoms with Gasteiger partial charge < -0.3 is 10.0 Å². The average Bonchev–Trinajstić information content (AvgIpc) is 3.12. The van der Waals surface area contributed by atoms with E-state index in [0.29, 0.717) is 18.8 Å². The van der Waals surface area contributed by atoms with E-state index in [2.05, 4.69) is 10.1 Å². The van der Waals surface area contributed by atoms with Crippen molar-refractivity contribution >= 4 is 5.69 Å². The molecule has 0 bridgehead atoms. The van der Waals surface area contributed by atoms with E-state index in [4.69, 9.17) is 0 Å². The van der Waals surface area contributed by atoms with Crippen LogP contribution in [-0.2, 0) is 13.2 Å². The molecule has 1 saturated heterocycles. The number of nitrogens with zero attached hydrogens (tertiary/aromatic N) is 4. The predicted octanol–water partition coefficient (Wildman–Crippen LogP) is 2.05. The number of aryl methyl sites for hydroxylation is 1. The van der Waals surface area contributed by atoms with Crippen molar-refractivity contribution in [2.75, 3.05) is 24.6 Å². The van der Waals surface area contributed by atoms with Gasteiger partial charge in [-0.15, -0.1) is 0 Å². The molecule has 2 aromatic rings. The van der Waals surface area contributed by atoms with Crippen LogP contribution in [0.1, 0.15) is 17.2 Å². The first-order chi connectivity index (χ1) is 10.9. The number of hydrogen-bond donors (Lipinski definition) is 1. The molecular weight excluding hydrogens is 309 g/mol. The van der Waals surface area contributed by atoms with Gasteiger partial charge in [0.15, 0.2) is 0 Å². The number of halogens is 3. The average molecular weight is 326 g/mol. The lowest BCUT2D eigenvalue weighted by Gasteiger charge is -2.19. The number of aliphatic hydroxyl groups excluding tert-OH is 1. The fraction of sp³-hybridized carbons (Fsp3) is 0.467. The Hall–Kier alpha value is -2.09. The quantitative estimate of drug-likeness (QED) is 0.938. The number of hydrogen-bond acceptors (Lipinski definition) is 4. The van der Waals surface area contributed by atoms with E-state index < -0.39 is 11.9 Å². The van der Waals surface area contributed by atoms with Crippen LogP contribution in [0.25, 0.3) is 0 Å². The second-order valence-electron chi connectivity index (χ2n) is 5.80. The zero-order valence-electron chi connectivity index (χ0n) is 12.5. The van der Waals surface area contributed by atoms with Gasteiger partial charge in [0.1, 0.15) is 5.69 Å². The fourth-order valence-corrected chi connectivity index (χ4v) is 3.05. The summed E-state index contributed by atoms with van der Waals surface area (Å²) in [5.41, 5.74) is 0.552. The lowest BCUT2D eigenvalue weighted by molar-refractivity contribution is -0.141. The standard InChI is InChI=1S/C15H17F3N4O/c1-21-6-10(5-20-21)13-8-22(7-11(13)9-23)12-2-3-19-14(4-12)15(16,17)18/h2-6,11,13,23H,7-9H2,1H3/t11-,13-/m0/s1. The zero-order valence-corrected chi connectivity index (χ0v) is 12.5. The summed E-state index contributed by atoms with van der Waals surface area (Å²) in [6.45, 7) is 1.02. The molecule has 2 atom stereocenters. The molecule has 5 nitrogen and oxygen atoms in total. The Labute approximate surface area is 131 Å². The van der Waals surface area contributed by atoms with E-state index in [1.165, 1.54) is 6.20 Å². The van der Waals surface area contributed by atoms with Gasteiger partial charge >= 0.3 is 6.18 Å². The largest absolute Gasteiger partial charge is 0.433 e. The summed E-state index contributed by atoms with van der Waals surface area (Å²) in [6, 6.07) is 2.62. The number of rotatable bonds is 3. The maximum atomic E-state index is 12.8. The van der Waals surface area contributed by atoms with E-state index in [1.54, 1.807) is 16.9 Å². The van der Waals surface area contributed by atoms with Crippen molar-refractivity contribution in [1.82, 2.24) is 14.8 Å². The molecule has 0 aliphatic carbocycles. The summed E-state index contributed by atoms with van der Waals surface area (Å²) >= 11 is 0. The van der Waals surface area contributed by atoms with Crippen molar-refractivity contribution in [3.05, 3.63) is 42.0 Å². The predicted molar refractivity (Wildman–Crippen MR) is 78.0 cm³/mol. The maximum Gasteiger partial charge on any atom is 0.433 e. The molecule has 0 spiro atoms. The fourth-order valence-electron chi connectivity index (χ4n) is 3.05. The SMILES string of the molecule is Cn1cc([C@@H]2CN(c3ccnc(C(F)(F)F)c3)C[C@H]2CO)cn1. The molecule has 0 aromatic carbocycles. The third-order valence-electron chi connectivity index (χ3n) is 4.23. The summed E-state index contributed by atoms with van der Waals surface area (Å²) in [4.78, 5) is 5.24. The Kier molecular flexibility index (Phi) is 4.01. The minimum atomic E-state index is -4.46. The number of aliphatic hydroxyl groups is 1. The van der Waals surface area contributed by atoms with Crippen molar-refractivity contribution in [3.8, 4) is 0 Å². The van der Waals surface area contributed by atoms with Crippen molar-refractivity contribution in [2.24, 2.45) is 13.0 Å². The first-order valence-electron chi connectivity index (χ1n) is 7.26. The van der Waals surface area contributed by atoms with Gasteiger partial charge in [0, 0.05) is 56.7 Å². The van der Waals surface area contributed by atoms with E-state index in [9.17, 15) is 18.3 Å². The Morgan fingerprint density at radius 2 is 2.13 bits per heavy atom. The van der Waals surface area contributed by atoms with Crippen molar-refractivity contribution in [2.45, 2.75) is 12.1 Å². The van der Waals surface area contributed by atoms with Crippen LogP contribution in [0.2, 0.25) is 0 Å². The molecule has 3 heterocycles. The van der Waals surface area contributed by atoms with E-state index in [1.807, 2.05) is 18.1 Å². The van der Waals surface area contributed by atoms with E-state index in [-0.39, 0.29) is 18.4 Å². The van der Waals surface area contributed by atoms with Crippen LogP contribution in [0.4, 0.5) is 18.9 Å². The summed E-state index contributed by atoms with van der Waals surface area (Å²) < 4.78 is 40.1. The first-order valence-corrected chi connectivity index (χ1v) is 7.26. The van der Waals surface area contributed by atoms with Crippen LogP contribution in [0.3, 0.4) is 0 Å². The normalized spacial score (nSPS) is 21.9. The number of alkyl halides is 3. The van der Waals surface area contributed by atoms with Crippen LogP contribution in [-0.4, -0.2) is 39.6 Å². The molecule has 0 saturated carbocycles. The Morgan fingerprint density at radius 3 is 2.74 bits per heavy atom. The van der Waals surface area contributed by atoms with Crippen molar-refractivity contribution in [1.29, 1.82) is 0 Å². The summed E-state index contributed by atoms with van der Waals surface area (Å²) in [5, 5.41) is 13.7. The highest BCUT2D eigenvalue weighted by Gasteiger charge is 2.36. The third kappa shape index (κ3) is 3.17. The van der Waals surface area contributed by atoms with Crippen LogP contribution >= 0.6 is 0 Å². The van der Waals surface area contributed by atoms with Gasteiger partial charge in [-0.2, -0.15) is 18.3 Å². The minimum Gasteiger partial charge on any atom is -0.396 e. The van der Waals surface area contributed by atoms with Crippen molar-refractivity contribution in [3.63, 3.8) is 0 Å². The number of aromatic nitrogens is 3. The van der Waals surface area contributed by atoms with Crippen LogP contribution < -0.4 is 4.90 Å². The molecule has 0 unspecified atom stereocenters. The Bertz CT molecular complexity index is 685. The van der Waals surface area contributed by atoms with Crippen LogP contribution in [0, 0.1) is 5.92 Å². The number of pyridine rings is 1. The molecule has 2 aromatic heterocycles. The minimum absolute atomic E-state index is 0.0206. The lowest BCUT2D eigenvalue weighted by atomic mass is 9.92. The molecule has 0 amide bonds. The van der Waals surface area contributed by atoms with E-state index in [0.717, 1.165) is 11.6 Å². The monoisotopic (exact) mass is 326 g/mol. The second kappa shape index (κ2) is 5.84. The van der Waals surface area contributed by atoms with Gasteiger partial charge in [0.2, 0.25) is 0 Å². The maximum absolute atomic E-state index is 12.8. The van der Waals surface area contributed by atoms with Gasteiger partial charge in [-0.3, -0.25) is 9.67 Å². The molecule has 3 rings (SSSR count). The first kappa shape index (κ1) is 15.8. The molecular formula is C15H17F3N4O. The van der Waals surface area contributed by atoms with Gasteiger partial charge in [0.05, 0.1) is 6.20 Å². The van der Waals surface area contributed by atoms with Gasteiger partial charge in [-0.1, -0.05) is 0 Å². The second-order valence-corrected chi connectivity index (χ2v) is 5.80. The lowest BCUT2D eigenvalue weighted by Crippen LogP contribution is -2.21. The third-order valence-corrected chi connectivity index (χ3v) is 4.23. The van der Waals surface area contributed by atoms with Gasteiger partial charge in [-0.05, 0) is 17.7 Å². The highest BCUT2D eigenvalue weighted by molar-refractivity contribution is 5.49. The zero-order chi connectivity index (χ0) is 16.6. The molecule has 0 radical (unpaired) electrons. The summed E-state index contributed by atoms with van der Waals surface area (Å²) in [5.74, 6) is -0.00194.